The van der Waals surface area contributed by atoms with Crippen LogP contribution in [0.3, 0.4) is 0 Å². The Labute approximate surface area is 221 Å². The molecule has 1 N–H and O–H groups in total. The van der Waals surface area contributed by atoms with E-state index in [-0.39, 0.29) is 11.3 Å². The Morgan fingerprint density at radius 1 is 0.816 bits per heavy atom. The molecule has 1 amide bonds. The summed E-state index contributed by atoms with van der Waals surface area (Å²) in [5.41, 5.74) is 2.94. The Morgan fingerprint density at radius 3 is 2.18 bits per heavy atom. The summed E-state index contributed by atoms with van der Waals surface area (Å²) in [6.07, 6.45) is 3.25. The van der Waals surface area contributed by atoms with E-state index in [1.807, 2.05) is 60.7 Å². The number of hydrogen-bond donors (Lipinski definition) is 1. The number of amides is 1. The van der Waals surface area contributed by atoms with E-state index in [9.17, 15) is 14.7 Å². The molecule has 1 atom stereocenters. The largest absolute Gasteiger partial charge is 0.507 e. The summed E-state index contributed by atoms with van der Waals surface area (Å²) in [6, 6.07) is 23.8. The van der Waals surface area contributed by atoms with Crippen molar-refractivity contribution in [2.75, 3.05) is 43.0 Å². The maximum atomic E-state index is 13.5. The summed E-state index contributed by atoms with van der Waals surface area (Å²) in [7, 11) is 2.12. The van der Waals surface area contributed by atoms with Gasteiger partial charge in [-0.05, 0) is 65.8 Å². The molecule has 7 heteroatoms. The van der Waals surface area contributed by atoms with Crippen LogP contribution in [0.25, 0.3) is 16.5 Å². The van der Waals surface area contributed by atoms with Gasteiger partial charge in [-0.2, -0.15) is 0 Å². The van der Waals surface area contributed by atoms with E-state index in [0.29, 0.717) is 16.8 Å². The molecule has 7 nitrogen and oxygen atoms in total. The summed E-state index contributed by atoms with van der Waals surface area (Å²) < 4.78 is 0. The Kier molecular flexibility index (Phi) is 6.13. The van der Waals surface area contributed by atoms with Crippen LogP contribution in [0, 0.1) is 0 Å². The summed E-state index contributed by atoms with van der Waals surface area (Å²) in [4.78, 5) is 37.1. The van der Waals surface area contributed by atoms with Gasteiger partial charge in [0.2, 0.25) is 0 Å². The fourth-order valence-electron chi connectivity index (χ4n) is 5.34. The second-order valence-corrected chi connectivity index (χ2v) is 9.82. The molecule has 4 aromatic rings. The number of benzene rings is 3. The van der Waals surface area contributed by atoms with Gasteiger partial charge < -0.3 is 14.9 Å². The van der Waals surface area contributed by atoms with Gasteiger partial charge in [0.05, 0.1) is 11.6 Å². The number of likely N-dealkylation sites (N-methyl/N-ethyl adjacent to an activating group) is 1. The Bertz CT molecular complexity index is 1540. The highest BCUT2D eigenvalue weighted by atomic mass is 16.3. The molecule has 2 saturated heterocycles. The van der Waals surface area contributed by atoms with E-state index >= 15 is 0 Å². The van der Waals surface area contributed by atoms with Crippen LogP contribution < -0.4 is 9.80 Å². The highest BCUT2D eigenvalue weighted by Crippen LogP contribution is 2.42. The zero-order chi connectivity index (χ0) is 26.2. The first-order valence-corrected chi connectivity index (χ1v) is 12.7. The fourth-order valence-corrected chi connectivity index (χ4v) is 5.34. The van der Waals surface area contributed by atoms with Crippen LogP contribution in [0.15, 0.2) is 96.8 Å². The van der Waals surface area contributed by atoms with E-state index in [2.05, 4.69) is 21.8 Å². The smallest absolute Gasteiger partial charge is 0.300 e. The zero-order valence-electron chi connectivity index (χ0n) is 21.1. The number of anilines is 2. The molecular weight excluding hydrogens is 476 g/mol. The van der Waals surface area contributed by atoms with Crippen LogP contribution in [0.4, 0.5) is 11.4 Å². The summed E-state index contributed by atoms with van der Waals surface area (Å²) >= 11 is 0. The molecule has 1 unspecified atom stereocenters. The van der Waals surface area contributed by atoms with Crippen LogP contribution in [-0.4, -0.2) is 59.9 Å². The molecule has 3 aromatic carbocycles. The Balaban J connectivity index is 1.43. The molecule has 190 valence electrons. The van der Waals surface area contributed by atoms with Gasteiger partial charge in [0.1, 0.15) is 5.76 Å². The summed E-state index contributed by atoms with van der Waals surface area (Å²) in [5, 5.41) is 13.4. The predicted octanol–water partition coefficient (Wildman–Crippen LogP) is 4.61. The number of hydrogen-bond acceptors (Lipinski definition) is 6. The number of carbonyl (C=O) groups excluding carboxylic acids is 2. The van der Waals surface area contributed by atoms with Crippen molar-refractivity contribution in [3.8, 4) is 0 Å². The van der Waals surface area contributed by atoms with Crippen molar-refractivity contribution in [1.82, 2.24) is 9.88 Å². The number of aromatic nitrogens is 1. The number of fused-ring (bicyclic) bond motifs is 1. The molecule has 1 aromatic heterocycles. The van der Waals surface area contributed by atoms with Crippen molar-refractivity contribution < 1.29 is 14.7 Å². The number of nitrogens with zero attached hydrogens (tertiary/aromatic N) is 4. The molecule has 0 bridgehead atoms. The Hall–Kier alpha value is -4.49. The lowest BCUT2D eigenvalue weighted by molar-refractivity contribution is -0.132. The number of piperazine rings is 1. The molecule has 38 heavy (non-hydrogen) atoms. The van der Waals surface area contributed by atoms with Crippen molar-refractivity contribution in [2.24, 2.45) is 0 Å². The number of aliphatic hydroxyl groups is 1. The molecule has 0 aliphatic carbocycles. The van der Waals surface area contributed by atoms with Crippen LogP contribution >= 0.6 is 0 Å². The zero-order valence-corrected chi connectivity index (χ0v) is 21.1. The van der Waals surface area contributed by atoms with Gasteiger partial charge in [-0.3, -0.25) is 19.5 Å². The monoisotopic (exact) mass is 504 g/mol. The first kappa shape index (κ1) is 23.9. The minimum atomic E-state index is -0.779. The lowest BCUT2D eigenvalue weighted by Gasteiger charge is -2.34. The molecule has 3 heterocycles. The van der Waals surface area contributed by atoms with Crippen LogP contribution in [-0.2, 0) is 9.59 Å². The fraction of sp³-hybridized carbons (Fsp3) is 0.194. The van der Waals surface area contributed by atoms with Crippen molar-refractivity contribution in [3.63, 3.8) is 0 Å². The summed E-state index contributed by atoms with van der Waals surface area (Å²) in [5.74, 6) is -1.56. The van der Waals surface area contributed by atoms with Crippen LogP contribution in [0.1, 0.15) is 17.2 Å². The second kappa shape index (κ2) is 9.76. The quantitative estimate of drug-likeness (QED) is 0.248. The van der Waals surface area contributed by atoms with Crippen molar-refractivity contribution in [1.29, 1.82) is 0 Å². The van der Waals surface area contributed by atoms with Gasteiger partial charge in [0, 0.05) is 55.5 Å². The SMILES string of the molecule is CN1CCN(c2ccc(N3C(=O)C(=O)/C(=C(\O)c4ccc5ccccc5c4)C3c3ccncc3)cc2)CC1. The van der Waals surface area contributed by atoms with Gasteiger partial charge in [-0.15, -0.1) is 0 Å². The highest BCUT2D eigenvalue weighted by molar-refractivity contribution is 6.51. The van der Waals surface area contributed by atoms with Crippen LogP contribution in [0.5, 0.6) is 0 Å². The van der Waals surface area contributed by atoms with E-state index < -0.39 is 17.7 Å². The molecule has 2 fully saturated rings. The minimum absolute atomic E-state index is 0.0691. The number of pyridine rings is 1. The number of Topliss-reactive ketones (excluding diaryl/α,β-unsaturated/α-hetero) is 1. The molecule has 2 aliphatic heterocycles. The minimum Gasteiger partial charge on any atom is -0.507 e. The van der Waals surface area contributed by atoms with Gasteiger partial charge >= 0.3 is 0 Å². The number of rotatable bonds is 4. The third-order valence-electron chi connectivity index (χ3n) is 7.49. The highest BCUT2D eigenvalue weighted by Gasteiger charge is 2.47. The number of carbonyl (C=O) groups is 2. The average molecular weight is 505 g/mol. The summed E-state index contributed by atoms with van der Waals surface area (Å²) in [6.45, 7) is 3.85. The topological polar surface area (TPSA) is 77.0 Å². The third kappa shape index (κ3) is 4.21. The predicted molar refractivity (Wildman–Crippen MR) is 149 cm³/mol. The molecular formula is C31H28N4O3. The van der Waals surface area contributed by atoms with Gasteiger partial charge in [0.15, 0.2) is 0 Å². The first-order valence-electron chi connectivity index (χ1n) is 12.7. The molecule has 0 saturated carbocycles. The number of ketones is 1. The second-order valence-electron chi connectivity index (χ2n) is 9.82. The molecule has 2 aliphatic rings. The van der Waals surface area contributed by atoms with Crippen molar-refractivity contribution >= 4 is 39.6 Å². The van der Waals surface area contributed by atoms with E-state index in [1.54, 1.807) is 30.6 Å². The van der Waals surface area contributed by atoms with Gasteiger partial charge in [-0.25, -0.2) is 0 Å². The lowest BCUT2D eigenvalue weighted by Crippen LogP contribution is -2.44. The standard InChI is InChI=1S/C31H28N4O3/c1-33-16-18-34(19-17-33)25-8-10-26(11-9-25)35-28(22-12-14-32-15-13-22)27(30(37)31(35)38)29(36)24-7-6-21-4-2-3-5-23(21)20-24/h2-15,20,28,36H,16-19H2,1H3/b29-27-. The molecule has 0 radical (unpaired) electrons. The third-order valence-corrected chi connectivity index (χ3v) is 7.49. The average Bonchev–Trinajstić information content (AvgIpc) is 3.23. The first-order chi connectivity index (χ1) is 18.5. The lowest BCUT2D eigenvalue weighted by atomic mass is 9.95. The maximum Gasteiger partial charge on any atom is 0.300 e. The van der Waals surface area contributed by atoms with Crippen molar-refractivity contribution in [3.05, 3.63) is 108 Å². The Morgan fingerprint density at radius 2 is 1.47 bits per heavy atom. The van der Waals surface area contributed by atoms with E-state index in [4.69, 9.17) is 0 Å². The van der Waals surface area contributed by atoms with E-state index in [0.717, 1.165) is 42.6 Å². The van der Waals surface area contributed by atoms with Crippen LogP contribution in [0.2, 0.25) is 0 Å². The van der Waals surface area contributed by atoms with Crippen molar-refractivity contribution in [2.45, 2.75) is 6.04 Å². The normalized spacial score (nSPS) is 19.9. The van der Waals surface area contributed by atoms with Gasteiger partial charge in [-0.1, -0.05) is 36.4 Å². The molecule has 0 spiro atoms. The van der Waals surface area contributed by atoms with E-state index in [1.165, 1.54) is 4.90 Å². The maximum absolute atomic E-state index is 13.5. The number of aliphatic hydroxyl groups excluding tert-OH is 1. The molecule has 6 rings (SSSR count). The van der Waals surface area contributed by atoms with Gasteiger partial charge in [0.25, 0.3) is 11.7 Å².